The summed E-state index contributed by atoms with van der Waals surface area (Å²) in [6.07, 6.45) is 1.91. The summed E-state index contributed by atoms with van der Waals surface area (Å²) >= 11 is 5.90. The third kappa shape index (κ3) is 3.90. The SMILES string of the molecule is Cc1ccc(NC(=O)c2cccc(Cl)c2)cc1NC(=O)C1CC1. The highest BCUT2D eigenvalue weighted by molar-refractivity contribution is 6.31. The van der Waals surface area contributed by atoms with Crippen LogP contribution in [0.5, 0.6) is 0 Å². The van der Waals surface area contributed by atoms with Crippen molar-refractivity contribution < 1.29 is 9.59 Å². The van der Waals surface area contributed by atoms with Gasteiger partial charge in [-0.15, -0.1) is 0 Å². The van der Waals surface area contributed by atoms with E-state index in [1.165, 1.54) is 0 Å². The van der Waals surface area contributed by atoms with Crippen LogP contribution < -0.4 is 10.6 Å². The maximum absolute atomic E-state index is 12.2. The van der Waals surface area contributed by atoms with Crippen molar-refractivity contribution in [3.63, 3.8) is 0 Å². The van der Waals surface area contributed by atoms with E-state index in [9.17, 15) is 9.59 Å². The van der Waals surface area contributed by atoms with Crippen molar-refractivity contribution in [3.8, 4) is 0 Å². The number of amides is 2. The Balaban J connectivity index is 1.74. The molecule has 0 atom stereocenters. The molecule has 2 N–H and O–H groups in total. The van der Waals surface area contributed by atoms with E-state index in [1.54, 1.807) is 30.3 Å². The molecule has 118 valence electrons. The molecular weight excluding hydrogens is 312 g/mol. The fourth-order valence-corrected chi connectivity index (χ4v) is 2.44. The van der Waals surface area contributed by atoms with Gasteiger partial charge in [-0.05, 0) is 55.7 Å². The number of hydrogen-bond acceptors (Lipinski definition) is 2. The quantitative estimate of drug-likeness (QED) is 0.881. The molecule has 1 fully saturated rings. The molecule has 0 aromatic heterocycles. The van der Waals surface area contributed by atoms with E-state index in [2.05, 4.69) is 10.6 Å². The van der Waals surface area contributed by atoms with Crippen molar-refractivity contribution in [1.82, 2.24) is 0 Å². The number of hydrogen-bond donors (Lipinski definition) is 2. The second kappa shape index (κ2) is 6.42. The molecule has 4 nitrogen and oxygen atoms in total. The van der Waals surface area contributed by atoms with Crippen molar-refractivity contribution in [3.05, 3.63) is 58.6 Å². The van der Waals surface area contributed by atoms with Crippen LogP contribution in [0.1, 0.15) is 28.8 Å². The molecule has 5 heteroatoms. The van der Waals surface area contributed by atoms with Crippen molar-refractivity contribution in [2.75, 3.05) is 10.6 Å². The summed E-state index contributed by atoms with van der Waals surface area (Å²) in [5.41, 5.74) is 2.80. The summed E-state index contributed by atoms with van der Waals surface area (Å²) in [5.74, 6) is -0.0543. The lowest BCUT2D eigenvalue weighted by atomic mass is 10.1. The van der Waals surface area contributed by atoms with E-state index in [-0.39, 0.29) is 17.7 Å². The lowest BCUT2D eigenvalue weighted by Gasteiger charge is -2.11. The van der Waals surface area contributed by atoms with Crippen LogP contribution in [0.25, 0.3) is 0 Å². The fourth-order valence-electron chi connectivity index (χ4n) is 2.25. The van der Waals surface area contributed by atoms with Crippen molar-refractivity contribution in [2.24, 2.45) is 5.92 Å². The molecule has 0 saturated heterocycles. The Hall–Kier alpha value is -2.33. The zero-order valence-electron chi connectivity index (χ0n) is 12.7. The van der Waals surface area contributed by atoms with Gasteiger partial charge in [-0.3, -0.25) is 9.59 Å². The minimum Gasteiger partial charge on any atom is -0.326 e. The van der Waals surface area contributed by atoms with Gasteiger partial charge in [0.2, 0.25) is 5.91 Å². The molecule has 2 amide bonds. The standard InChI is InChI=1S/C18H17ClN2O2/c1-11-5-8-15(10-16(11)21-17(22)12-6-7-12)20-18(23)13-3-2-4-14(19)9-13/h2-5,8-10,12H,6-7H2,1H3,(H,20,23)(H,21,22). The molecule has 23 heavy (non-hydrogen) atoms. The minimum absolute atomic E-state index is 0.0476. The first kappa shape index (κ1) is 15.6. The van der Waals surface area contributed by atoms with E-state index < -0.39 is 0 Å². The first-order valence-corrected chi connectivity index (χ1v) is 7.89. The highest BCUT2D eigenvalue weighted by Crippen LogP contribution is 2.31. The number of anilines is 2. The van der Waals surface area contributed by atoms with E-state index in [0.29, 0.717) is 16.3 Å². The van der Waals surface area contributed by atoms with Gasteiger partial charge in [0.05, 0.1) is 0 Å². The van der Waals surface area contributed by atoms with E-state index in [0.717, 1.165) is 24.1 Å². The normalized spacial score (nSPS) is 13.5. The molecule has 1 aliphatic rings. The molecule has 0 aliphatic heterocycles. The number of rotatable bonds is 4. The molecule has 2 aromatic carbocycles. The summed E-state index contributed by atoms with van der Waals surface area (Å²) < 4.78 is 0. The van der Waals surface area contributed by atoms with E-state index >= 15 is 0 Å². The summed E-state index contributed by atoms with van der Waals surface area (Å²) in [4.78, 5) is 24.2. The fraction of sp³-hybridized carbons (Fsp3) is 0.222. The van der Waals surface area contributed by atoms with Crippen LogP contribution in [-0.4, -0.2) is 11.8 Å². The highest BCUT2D eigenvalue weighted by atomic mass is 35.5. The Morgan fingerprint density at radius 2 is 1.87 bits per heavy atom. The van der Waals surface area contributed by atoms with Gasteiger partial charge in [-0.25, -0.2) is 0 Å². The van der Waals surface area contributed by atoms with Crippen LogP contribution in [0.4, 0.5) is 11.4 Å². The van der Waals surface area contributed by atoms with E-state index in [1.807, 2.05) is 19.1 Å². The average molecular weight is 329 g/mol. The Bertz CT molecular complexity index is 769. The molecule has 0 heterocycles. The molecule has 2 aromatic rings. The molecule has 1 aliphatic carbocycles. The van der Waals surface area contributed by atoms with E-state index in [4.69, 9.17) is 11.6 Å². The lowest BCUT2D eigenvalue weighted by Crippen LogP contribution is -2.15. The highest BCUT2D eigenvalue weighted by Gasteiger charge is 2.29. The van der Waals surface area contributed by atoms with Crippen LogP contribution in [0.15, 0.2) is 42.5 Å². The monoisotopic (exact) mass is 328 g/mol. The number of nitrogens with one attached hydrogen (secondary N) is 2. The van der Waals surface area contributed by atoms with Crippen LogP contribution in [0.3, 0.4) is 0 Å². The van der Waals surface area contributed by atoms with Gasteiger partial charge in [0.1, 0.15) is 0 Å². The van der Waals surface area contributed by atoms with Crippen LogP contribution >= 0.6 is 11.6 Å². The third-order valence-electron chi connectivity index (χ3n) is 3.79. The Labute approximate surface area is 139 Å². The molecule has 0 radical (unpaired) electrons. The largest absolute Gasteiger partial charge is 0.326 e. The minimum atomic E-state index is -0.240. The molecule has 3 rings (SSSR count). The zero-order chi connectivity index (χ0) is 16.4. The summed E-state index contributed by atoms with van der Waals surface area (Å²) in [6, 6.07) is 12.2. The molecule has 0 unspecified atom stereocenters. The van der Waals surface area contributed by atoms with Gasteiger partial charge in [-0.1, -0.05) is 23.7 Å². The Morgan fingerprint density at radius 3 is 2.57 bits per heavy atom. The summed E-state index contributed by atoms with van der Waals surface area (Å²) in [7, 11) is 0. The van der Waals surface area contributed by atoms with Gasteiger partial charge >= 0.3 is 0 Å². The van der Waals surface area contributed by atoms with Crippen molar-refractivity contribution in [1.29, 1.82) is 0 Å². The smallest absolute Gasteiger partial charge is 0.255 e. The van der Waals surface area contributed by atoms with Crippen LogP contribution in [0, 0.1) is 12.8 Å². The van der Waals surface area contributed by atoms with Crippen LogP contribution in [0.2, 0.25) is 5.02 Å². The molecular formula is C18H17ClN2O2. The van der Waals surface area contributed by atoms with Gasteiger partial charge in [0.25, 0.3) is 5.91 Å². The number of halogens is 1. The van der Waals surface area contributed by atoms with Gasteiger partial charge in [0.15, 0.2) is 0 Å². The number of carbonyl (C=O) groups excluding carboxylic acids is 2. The van der Waals surface area contributed by atoms with Gasteiger partial charge in [-0.2, -0.15) is 0 Å². The Morgan fingerprint density at radius 1 is 1.09 bits per heavy atom. The number of aryl methyl sites for hydroxylation is 1. The van der Waals surface area contributed by atoms with Crippen molar-refractivity contribution in [2.45, 2.75) is 19.8 Å². The zero-order valence-corrected chi connectivity index (χ0v) is 13.5. The summed E-state index contributed by atoms with van der Waals surface area (Å²) in [6.45, 7) is 1.92. The summed E-state index contributed by atoms with van der Waals surface area (Å²) in [5, 5.41) is 6.26. The predicted octanol–water partition coefficient (Wildman–Crippen LogP) is 4.25. The molecule has 0 spiro atoms. The predicted molar refractivity (Wildman–Crippen MR) is 91.9 cm³/mol. The second-order valence-electron chi connectivity index (χ2n) is 5.76. The number of benzene rings is 2. The maximum atomic E-state index is 12.2. The topological polar surface area (TPSA) is 58.2 Å². The molecule has 0 bridgehead atoms. The third-order valence-corrected chi connectivity index (χ3v) is 4.02. The average Bonchev–Trinajstić information content (AvgIpc) is 3.35. The number of carbonyl (C=O) groups is 2. The first-order valence-electron chi connectivity index (χ1n) is 7.51. The van der Waals surface area contributed by atoms with Crippen LogP contribution in [-0.2, 0) is 4.79 Å². The van der Waals surface area contributed by atoms with Crippen molar-refractivity contribution >= 4 is 34.8 Å². The Kier molecular flexibility index (Phi) is 4.35. The maximum Gasteiger partial charge on any atom is 0.255 e. The van der Waals surface area contributed by atoms with Gasteiger partial charge < -0.3 is 10.6 Å². The molecule has 1 saturated carbocycles. The van der Waals surface area contributed by atoms with Gasteiger partial charge in [0, 0.05) is 27.9 Å². The first-order chi connectivity index (χ1) is 11.0. The lowest BCUT2D eigenvalue weighted by molar-refractivity contribution is -0.117. The second-order valence-corrected chi connectivity index (χ2v) is 6.19.